The number of aromatic amines is 3. The van der Waals surface area contributed by atoms with E-state index in [9.17, 15) is 44.3 Å². The number of aryl methyl sites for hydroxylation is 2. The number of imidazole rings is 1. The van der Waals surface area contributed by atoms with Gasteiger partial charge in [0.15, 0.2) is 11.7 Å². The standard InChI is InChI=1S/C20H17F3N6O.2C2HF3O2/c1-11-15(12(2)28-27-11)18-25-16(14-8-4-6-10-29(14)18)19(30)26-17(20(21,22)23)13-7-3-5-9-24-13;2*3-2(4,5)1(6)7/h3-10,17H,1-2H3,(H2,25,26,27,28,30);2*(H,6,7). The van der Waals surface area contributed by atoms with Crippen molar-refractivity contribution < 1.29 is 73.5 Å². The minimum Gasteiger partial charge on any atom is -0.542 e. The van der Waals surface area contributed by atoms with Crippen molar-refractivity contribution in [3.8, 4) is 11.4 Å². The number of rotatable bonds is 4. The van der Waals surface area contributed by atoms with Crippen LogP contribution < -0.4 is 24.9 Å². The molecule has 0 aliphatic heterocycles. The second-order valence-electron chi connectivity index (χ2n) is 8.45. The highest BCUT2D eigenvalue weighted by atomic mass is 19.4. The summed E-state index contributed by atoms with van der Waals surface area (Å²) in [6, 6.07) is 7.29. The second-order valence-corrected chi connectivity index (χ2v) is 8.45. The van der Waals surface area contributed by atoms with Crippen molar-refractivity contribution >= 4 is 23.4 Å². The van der Waals surface area contributed by atoms with E-state index in [2.05, 4.69) is 25.5 Å². The Morgan fingerprint density at radius 3 is 1.89 bits per heavy atom. The molecule has 0 aliphatic carbocycles. The van der Waals surface area contributed by atoms with Crippen LogP contribution in [0.5, 0.6) is 0 Å². The summed E-state index contributed by atoms with van der Waals surface area (Å²) in [5, 5.41) is 26.7. The van der Waals surface area contributed by atoms with Gasteiger partial charge < -0.3 is 25.1 Å². The molecule has 0 bridgehead atoms. The third kappa shape index (κ3) is 8.91. The zero-order valence-electron chi connectivity index (χ0n) is 22.0. The van der Waals surface area contributed by atoms with Gasteiger partial charge in [-0.2, -0.15) is 49.0 Å². The number of carboxylic acids is 2. The molecular formula is C24H19F9N6O5. The highest BCUT2D eigenvalue weighted by molar-refractivity contribution is 5.98. The zero-order valence-corrected chi connectivity index (χ0v) is 22.0. The summed E-state index contributed by atoms with van der Waals surface area (Å²) in [4.78, 5) is 36.1. The molecule has 0 aliphatic rings. The summed E-state index contributed by atoms with van der Waals surface area (Å²) in [6.07, 6.45) is -12.0. The number of carbonyl (C=O) groups is 3. The number of nitrogens with zero attached hydrogens (tertiary/aromatic N) is 2. The second kappa shape index (κ2) is 13.4. The van der Waals surface area contributed by atoms with Crippen LogP contribution in [0.4, 0.5) is 39.5 Å². The van der Waals surface area contributed by atoms with E-state index >= 15 is 0 Å². The number of amides is 1. The Labute approximate surface area is 239 Å². The van der Waals surface area contributed by atoms with Gasteiger partial charge in [-0.15, -0.1) is 0 Å². The molecule has 4 N–H and O–H groups in total. The molecule has 238 valence electrons. The largest absolute Gasteiger partial charge is 0.542 e. The summed E-state index contributed by atoms with van der Waals surface area (Å²) in [5.41, 5.74) is 2.53. The first kappa shape index (κ1) is 35.0. The van der Waals surface area contributed by atoms with Gasteiger partial charge in [0.25, 0.3) is 11.7 Å². The van der Waals surface area contributed by atoms with E-state index in [0.29, 0.717) is 17.0 Å². The minimum absolute atomic E-state index is 0.0239. The van der Waals surface area contributed by atoms with E-state index in [4.69, 9.17) is 19.8 Å². The number of carbonyl (C=O) groups excluding carboxylic acids is 3. The minimum atomic E-state index is -5.19. The fraction of sp³-hybridized carbons (Fsp3) is 0.250. The Hall–Kier alpha value is -5.17. The molecule has 0 radical (unpaired) electrons. The summed E-state index contributed by atoms with van der Waals surface area (Å²) in [6.45, 7) is 3.63. The molecule has 0 aromatic carbocycles. The number of nitrogens with one attached hydrogen (secondary N) is 4. The summed E-state index contributed by atoms with van der Waals surface area (Å²) in [5.74, 6) is -6.34. The SMILES string of the molecule is Cc1n[nH]c(C)c1-c1[nH]c(C(=O)NC(c2cccc[nH+]2)C(F)(F)F)c2cccc[n+]12.O=C([O-])C(F)(F)F.O=C([O-])C(F)(F)F. The molecule has 1 unspecified atom stereocenters. The first-order valence-corrected chi connectivity index (χ1v) is 11.6. The third-order valence-corrected chi connectivity index (χ3v) is 5.30. The van der Waals surface area contributed by atoms with Crippen LogP contribution in [-0.4, -0.2) is 51.6 Å². The molecule has 0 fully saturated rings. The van der Waals surface area contributed by atoms with Crippen molar-refractivity contribution in [2.24, 2.45) is 0 Å². The fourth-order valence-electron chi connectivity index (χ4n) is 3.47. The predicted octanol–water partition coefficient (Wildman–Crippen LogP) is 1.21. The van der Waals surface area contributed by atoms with Crippen molar-refractivity contribution in [1.82, 2.24) is 20.5 Å². The highest BCUT2D eigenvalue weighted by Crippen LogP contribution is 2.31. The molecule has 44 heavy (non-hydrogen) atoms. The number of hydrogen-bond donors (Lipinski definition) is 3. The van der Waals surface area contributed by atoms with E-state index in [1.165, 1.54) is 18.3 Å². The van der Waals surface area contributed by atoms with Gasteiger partial charge in [0.2, 0.25) is 17.4 Å². The van der Waals surface area contributed by atoms with Crippen molar-refractivity contribution in [2.75, 3.05) is 0 Å². The monoisotopic (exact) mass is 642 g/mol. The maximum atomic E-state index is 13.7. The van der Waals surface area contributed by atoms with Crippen LogP contribution in [0.2, 0.25) is 0 Å². The van der Waals surface area contributed by atoms with E-state index in [1.807, 2.05) is 6.92 Å². The number of pyridine rings is 2. The molecule has 1 amide bonds. The van der Waals surface area contributed by atoms with Crippen LogP contribution >= 0.6 is 0 Å². The van der Waals surface area contributed by atoms with Gasteiger partial charge in [-0.25, -0.2) is 9.97 Å². The van der Waals surface area contributed by atoms with Crippen LogP contribution in [0.25, 0.3) is 16.9 Å². The Balaban J connectivity index is 0.000000402. The van der Waals surface area contributed by atoms with Crippen molar-refractivity contribution in [1.29, 1.82) is 0 Å². The summed E-state index contributed by atoms with van der Waals surface area (Å²) < 4.78 is 106. The molecule has 4 rings (SSSR count). The summed E-state index contributed by atoms with van der Waals surface area (Å²) >= 11 is 0. The van der Waals surface area contributed by atoms with E-state index in [-0.39, 0.29) is 11.4 Å². The van der Waals surface area contributed by atoms with E-state index in [0.717, 1.165) is 11.3 Å². The third-order valence-electron chi connectivity index (χ3n) is 5.30. The Morgan fingerprint density at radius 2 is 1.45 bits per heavy atom. The van der Waals surface area contributed by atoms with Crippen molar-refractivity contribution in [3.63, 3.8) is 0 Å². The number of aromatic nitrogens is 5. The zero-order chi connectivity index (χ0) is 33.6. The Morgan fingerprint density at radius 1 is 0.909 bits per heavy atom. The van der Waals surface area contributed by atoms with Crippen LogP contribution in [-0.2, 0) is 9.59 Å². The van der Waals surface area contributed by atoms with Crippen LogP contribution in [0.1, 0.15) is 33.6 Å². The van der Waals surface area contributed by atoms with Gasteiger partial charge in [-0.3, -0.25) is 9.89 Å². The average molecular weight is 642 g/mol. The lowest BCUT2D eigenvalue weighted by atomic mass is 10.1. The molecule has 4 aromatic rings. The molecule has 20 heteroatoms. The number of H-pyrrole nitrogens is 3. The van der Waals surface area contributed by atoms with Crippen molar-refractivity contribution in [2.45, 2.75) is 38.4 Å². The van der Waals surface area contributed by atoms with E-state index < -0.39 is 42.4 Å². The van der Waals surface area contributed by atoms with Gasteiger partial charge in [-0.05, 0) is 26.0 Å². The first-order valence-electron chi connectivity index (χ1n) is 11.6. The Kier molecular flexibility index (Phi) is 10.7. The highest BCUT2D eigenvalue weighted by Gasteiger charge is 2.46. The average Bonchev–Trinajstić information content (AvgIpc) is 3.45. The molecule has 11 nitrogen and oxygen atoms in total. The number of hydrogen-bond acceptors (Lipinski definition) is 6. The fourth-order valence-corrected chi connectivity index (χ4v) is 3.47. The number of aliphatic carboxylic acids is 2. The maximum Gasteiger partial charge on any atom is 0.430 e. The number of carboxylic acid groups (broad SMARTS) is 2. The first-order chi connectivity index (χ1) is 20.2. The number of fused-ring (bicyclic) bond motifs is 1. The normalized spacial score (nSPS) is 12.3. The van der Waals surface area contributed by atoms with E-state index in [1.54, 1.807) is 41.8 Å². The number of alkyl halides is 9. The van der Waals surface area contributed by atoms with Gasteiger partial charge in [-0.1, -0.05) is 12.1 Å². The smallest absolute Gasteiger partial charge is 0.430 e. The lowest BCUT2D eigenvalue weighted by molar-refractivity contribution is -0.498. The predicted molar refractivity (Wildman–Crippen MR) is 122 cm³/mol. The van der Waals surface area contributed by atoms with Gasteiger partial charge in [0.05, 0.1) is 11.9 Å². The molecule has 1 atom stereocenters. The van der Waals surface area contributed by atoms with Crippen LogP contribution in [0, 0.1) is 13.8 Å². The van der Waals surface area contributed by atoms with Gasteiger partial charge in [0.1, 0.15) is 17.5 Å². The summed E-state index contributed by atoms with van der Waals surface area (Å²) in [7, 11) is 0. The lowest BCUT2D eigenvalue weighted by Crippen LogP contribution is -2.41. The maximum absolute atomic E-state index is 13.7. The molecule has 4 aromatic heterocycles. The van der Waals surface area contributed by atoms with Crippen LogP contribution in [0.3, 0.4) is 0 Å². The quantitative estimate of drug-likeness (QED) is 0.223. The molecule has 4 heterocycles. The lowest BCUT2D eigenvalue weighted by Gasteiger charge is -2.17. The van der Waals surface area contributed by atoms with Crippen LogP contribution in [0.15, 0.2) is 48.8 Å². The molecule has 0 spiro atoms. The topological polar surface area (TPSA) is 172 Å². The van der Waals surface area contributed by atoms with Crippen molar-refractivity contribution in [3.05, 3.63) is 71.6 Å². The molecule has 0 saturated carbocycles. The Bertz CT molecular complexity index is 1570. The molecular weight excluding hydrogens is 623 g/mol. The number of halogens is 9. The van der Waals surface area contributed by atoms with Gasteiger partial charge >= 0.3 is 18.5 Å². The van der Waals surface area contributed by atoms with Gasteiger partial charge in [0, 0.05) is 17.8 Å². The molecule has 0 saturated heterocycles.